The second kappa shape index (κ2) is 5.85. The van der Waals surface area contributed by atoms with E-state index in [1.54, 1.807) is 0 Å². The van der Waals surface area contributed by atoms with Crippen molar-refractivity contribution >= 4 is 15.6 Å². The molecule has 0 N–H and O–H groups in total. The summed E-state index contributed by atoms with van der Waals surface area (Å²) in [6, 6.07) is 1.62. The average Bonchev–Trinajstić information content (AvgIpc) is 2.44. The molecule has 126 valence electrons. The third kappa shape index (κ3) is 2.75. The molecule has 0 spiro atoms. The zero-order chi connectivity index (χ0) is 16.8. The monoisotopic (exact) mass is 344 g/mol. The number of hydrogen-bond acceptors (Lipinski definition) is 4. The van der Waals surface area contributed by atoms with E-state index in [2.05, 4.69) is 0 Å². The summed E-state index contributed by atoms with van der Waals surface area (Å²) in [4.78, 5) is 12.7. The van der Waals surface area contributed by atoms with E-state index in [1.807, 2.05) is 0 Å². The highest BCUT2D eigenvalue weighted by Gasteiger charge is 2.46. The summed E-state index contributed by atoms with van der Waals surface area (Å²) < 4.78 is 56.7. The first kappa shape index (κ1) is 16.4. The van der Waals surface area contributed by atoms with Crippen LogP contribution in [0.2, 0.25) is 0 Å². The molecule has 2 fully saturated rings. The minimum atomic E-state index is -3.18. The lowest BCUT2D eigenvalue weighted by atomic mass is 9.84. The molecule has 4 nitrogen and oxygen atoms in total. The van der Waals surface area contributed by atoms with Gasteiger partial charge in [-0.25, -0.2) is 17.2 Å². The van der Waals surface area contributed by atoms with Crippen LogP contribution in [0.15, 0.2) is 12.1 Å². The molecule has 0 radical (unpaired) electrons. The molecular weight excluding hydrogens is 326 g/mol. The topological polar surface area (TPSA) is 60.4 Å². The predicted molar refractivity (Wildman–Crippen MR) is 80.3 cm³/mol. The molecule has 1 aromatic carbocycles. The quantitative estimate of drug-likeness (QED) is 0.791. The molecule has 2 saturated heterocycles. The van der Waals surface area contributed by atoms with Crippen LogP contribution in [0.25, 0.3) is 0 Å². The van der Waals surface area contributed by atoms with Gasteiger partial charge >= 0.3 is 0 Å². The molecule has 1 aromatic rings. The standard InChI is InChI=1S/C16H18F2O4S/c1-22-16-13(7-10(17)8-14(16)18)15(19)9-5-11-3-2-4-12(6-9)23(11,20)21/h7-9,11-12H,2-6H2,1H3. The van der Waals surface area contributed by atoms with Crippen LogP contribution in [0.5, 0.6) is 5.75 Å². The van der Waals surface area contributed by atoms with Gasteiger partial charge < -0.3 is 4.74 Å². The molecule has 2 heterocycles. The molecule has 2 atom stereocenters. The number of benzene rings is 1. The van der Waals surface area contributed by atoms with Crippen molar-refractivity contribution in [3.63, 3.8) is 0 Å². The van der Waals surface area contributed by atoms with Gasteiger partial charge in [-0.15, -0.1) is 0 Å². The van der Waals surface area contributed by atoms with E-state index < -0.39 is 43.7 Å². The molecule has 2 aliphatic rings. The fraction of sp³-hybridized carbons (Fsp3) is 0.562. The number of halogens is 2. The van der Waals surface area contributed by atoms with Gasteiger partial charge in [0.15, 0.2) is 27.2 Å². The number of fused-ring (bicyclic) bond motifs is 2. The van der Waals surface area contributed by atoms with Crippen molar-refractivity contribution in [1.82, 2.24) is 0 Å². The van der Waals surface area contributed by atoms with Crippen LogP contribution in [-0.2, 0) is 9.84 Å². The molecule has 7 heteroatoms. The molecule has 0 saturated carbocycles. The lowest BCUT2D eigenvalue weighted by molar-refractivity contribution is 0.0889. The van der Waals surface area contributed by atoms with Crippen LogP contribution in [-0.4, -0.2) is 31.8 Å². The van der Waals surface area contributed by atoms with Crippen molar-refractivity contribution in [2.45, 2.75) is 42.6 Å². The van der Waals surface area contributed by atoms with Crippen molar-refractivity contribution < 1.29 is 26.7 Å². The maximum atomic E-state index is 13.8. The predicted octanol–water partition coefficient (Wildman–Crippen LogP) is 2.90. The molecule has 2 aliphatic heterocycles. The van der Waals surface area contributed by atoms with Gasteiger partial charge in [-0.2, -0.15) is 0 Å². The number of carbonyl (C=O) groups is 1. The number of carbonyl (C=O) groups excluding carboxylic acids is 1. The number of hydrogen-bond donors (Lipinski definition) is 0. The number of rotatable bonds is 3. The number of sulfone groups is 1. The van der Waals surface area contributed by atoms with Crippen LogP contribution in [0, 0.1) is 17.6 Å². The van der Waals surface area contributed by atoms with Gasteiger partial charge in [-0.1, -0.05) is 6.42 Å². The van der Waals surface area contributed by atoms with Gasteiger partial charge in [0.05, 0.1) is 23.2 Å². The third-order valence-corrected chi connectivity index (χ3v) is 7.64. The van der Waals surface area contributed by atoms with E-state index >= 15 is 0 Å². The molecule has 0 aromatic heterocycles. The summed E-state index contributed by atoms with van der Waals surface area (Å²) in [5, 5.41) is -1.04. The summed E-state index contributed by atoms with van der Waals surface area (Å²) in [5.41, 5.74) is -0.146. The zero-order valence-electron chi connectivity index (χ0n) is 12.7. The summed E-state index contributed by atoms with van der Waals surface area (Å²) in [6.07, 6.45) is 2.39. The van der Waals surface area contributed by atoms with E-state index in [1.165, 1.54) is 7.11 Å². The first-order chi connectivity index (χ1) is 10.8. The number of methoxy groups -OCH3 is 1. The molecular formula is C16H18F2O4S. The van der Waals surface area contributed by atoms with Crippen molar-refractivity contribution in [2.75, 3.05) is 7.11 Å². The molecule has 0 amide bonds. The highest BCUT2D eigenvalue weighted by atomic mass is 32.2. The molecule has 0 aliphatic carbocycles. The summed E-state index contributed by atoms with van der Waals surface area (Å²) in [6.45, 7) is 0. The molecule has 3 rings (SSSR count). The van der Waals surface area contributed by atoms with E-state index in [0.717, 1.165) is 12.5 Å². The molecule has 2 bridgehead atoms. The lowest BCUT2D eigenvalue weighted by Crippen LogP contribution is -2.45. The van der Waals surface area contributed by atoms with Gasteiger partial charge in [0.2, 0.25) is 0 Å². The average molecular weight is 344 g/mol. The van der Waals surface area contributed by atoms with Gasteiger partial charge in [-0.05, 0) is 31.7 Å². The second-order valence-corrected chi connectivity index (χ2v) is 8.78. The van der Waals surface area contributed by atoms with Crippen LogP contribution in [0.3, 0.4) is 0 Å². The fourth-order valence-corrected chi connectivity index (χ4v) is 6.33. The maximum absolute atomic E-state index is 13.8. The van der Waals surface area contributed by atoms with E-state index in [-0.39, 0.29) is 24.2 Å². The zero-order valence-corrected chi connectivity index (χ0v) is 13.5. The summed E-state index contributed by atoms with van der Waals surface area (Å²) >= 11 is 0. The normalized spacial score (nSPS) is 29.1. The Kier molecular flexibility index (Phi) is 4.16. The van der Waals surface area contributed by atoms with Gasteiger partial charge in [-0.3, -0.25) is 4.79 Å². The third-order valence-electron chi connectivity index (χ3n) is 4.93. The van der Waals surface area contributed by atoms with E-state index in [4.69, 9.17) is 4.74 Å². The Bertz CT molecular complexity index is 725. The Morgan fingerprint density at radius 1 is 1.17 bits per heavy atom. The first-order valence-electron chi connectivity index (χ1n) is 7.64. The highest BCUT2D eigenvalue weighted by molar-refractivity contribution is 7.92. The number of Topliss-reactive ketones (excluding diaryl/α,β-unsaturated/α-hetero) is 1. The fourth-order valence-electron chi connectivity index (χ4n) is 3.79. The van der Waals surface area contributed by atoms with Crippen molar-refractivity contribution in [2.24, 2.45) is 5.92 Å². The Morgan fingerprint density at radius 2 is 1.78 bits per heavy atom. The lowest BCUT2D eigenvalue weighted by Gasteiger charge is -2.38. The Labute approximate surface area is 133 Å². The molecule has 23 heavy (non-hydrogen) atoms. The SMILES string of the molecule is COc1c(F)cc(F)cc1C(=O)C1CC2CCCC(C1)S2(=O)=O. The summed E-state index contributed by atoms with van der Waals surface area (Å²) in [5.74, 6) is -3.04. The number of ketones is 1. The van der Waals surface area contributed by atoms with E-state index in [0.29, 0.717) is 18.9 Å². The Morgan fingerprint density at radius 3 is 2.35 bits per heavy atom. The van der Waals surface area contributed by atoms with Crippen LogP contribution < -0.4 is 4.74 Å². The van der Waals surface area contributed by atoms with Gasteiger partial charge in [0.25, 0.3) is 0 Å². The summed E-state index contributed by atoms with van der Waals surface area (Å²) in [7, 11) is -1.96. The van der Waals surface area contributed by atoms with Crippen molar-refractivity contribution in [1.29, 1.82) is 0 Å². The smallest absolute Gasteiger partial charge is 0.169 e. The first-order valence-corrected chi connectivity index (χ1v) is 9.25. The largest absolute Gasteiger partial charge is 0.493 e. The van der Waals surface area contributed by atoms with Crippen LogP contribution in [0.1, 0.15) is 42.5 Å². The van der Waals surface area contributed by atoms with Crippen LogP contribution in [0.4, 0.5) is 8.78 Å². The minimum absolute atomic E-state index is 0.146. The van der Waals surface area contributed by atoms with Gasteiger partial charge in [0.1, 0.15) is 5.82 Å². The second-order valence-electron chi connectivity index (χ2n) is 6.26. The number of ether oxygens (including phenoxy) is 1. The van der Waals surface area contributed by atoms with Crippen LogP contribution >= 0.6 is 0 Å². The maximum Gasteiger partial charge on any atom is 0.169 e. The van der Waals surface area contributed by atoms with Crippen molar-refractivity contribution in [3.05, 3.63) is 29.3 Å². The van der Waals surface area contributed by atoms with Gasteiger partial charge in [0, 0.05) is 12.0 Å². The molecule has 2 unspecified atom stereocenters. The minimum Gasteiger partial charge on any atom is -0.493 e. The van der Waals surface area contributed by atoms with Crippen molar-refractivity contribution in [3.8, 4) is 5.75 Å². The Hall–Kier alpha value is -1.50. The Balaban J connectivity index is 1.93. The highest BCUT2D eigenvalue weighted by Crippen LogP contribution is 2.41. The van der Waals surface area contributed by atoms with E-state index in [9.17, 15) is 22.0 Å².